The van der Waals surface area contributed by atoms with Gasteiger partial charge in [-0.05, 0) is 40.8 Å². The molecule has 1 aliphatic rings. The van der Waals surface area contributed by atoms with Crippen molar-refractivity contribution in [1.29, 1.82) is 0 Å². The summed E-state index contributed by atoms with van der Waals surface area (Å²) in [5, 5.41) is 14.3. The monoisotopic (exact) mass is 434 g/mol. The van der Waals surface area contributed by atoms with Crippen LogP contribution in [-0.2, 0) is 9.53 Å². The van der Waals surface area contributed by atoms with Crippen molar-refractivity contribution >= 4 is 18.0 Å². The van der Waals surface area contributed by atoms with Crippen LogP contribution in [0.4, 0.5) is 4.79 Å². The van der Waals surface area contributed by atoms with E-state index in [0.717, 1.165) is 22.3 Å². The smallest absolute Gasteiger partial charge is 0.407 e. The molecule has 0 saturated heterocycles. The van der Waals surface area contributed by atoms with Gasteiger partial charge in [-0.1, -0.05) is 48.5 Å². The van der Waals surface area contributed by atoms with Crippen molar-refractivity contribution in [2.24, 2.45) is 0 Å². The molecule has 0 saturated carbocycles. The van der Waals surface area contributed by atoms with Crippen molar-refractivity contribution in [3.05, 3.63) is 83.8 Å². The maximum atomic E-state index is 12.3. The lowest BCUT2D eigenvalue weighted by Gasteiger charge is -2.17. The molecule has 1 aliphatic carbocycles. The Labute approximate surface area is 184 Å². The molecule has 8 nitrogen and oxygen atoms in total. The number of benzene rings is 2. The average Bonchev–Trinajstić information content (AvgIpc) is 3.44. The van der Waals surface area contributed by atoms with E-state index in [0.29, 0.717) is 0 Å². The first kappa shape index (κ1) is 21.2. The van der Waals surface area contributed by atoms with Gasteiger partial charge >= 0.3 is 12.1 Å². The number of carboxylic acids is 1. The second-order valence-electron chi connectivity index (χ2n) is 7.38. The Morgan fingerprint density at radius 1 is 0.969 bits per heavy atom. The van der Waals surface area contributed by atoms with Gasteiger partial charge in [0, 0.05) is 12.5 Å². The van der Waals surface area contributed by atoms with Crippen molar-refractivity contribution in [2.75, 3.05) is 13.2 Å². The van der Waals surface area contributed by atoms with E-state index in [4.69, 9.17) is 9.15 Å². The number of fused-ring (bicyclic) bond motifs is 3. The molecule has 4 rings (SSSR count). The third-order valence-corrected chi connectivity index (χ3v) is 5.40. The summed E-state index contributed by atoms with van der Waals surface area (Å²) in [6.07, 6.45) is 0.538. The number of amides is 2. The molecule has 8 heteroatoms. The summed E-state index contributed by atoms with van der Waals surface area (Å²) in [5.74, 6) is -1.67. The number of alkyl carbamates (subject to hydrolysis) is 1. The highest BCUT2D eigenvalue weighted by Crippen LogP contribution is 2.44. The number of nitrogens with one attached hydrogen (secondary N) is 2. The molecule has 0 bridgehead atoms. The summed E-state index contributed by atoms with van der Waals surface area (Å²) >= 11 is 0. The fourth-order valence-corrected chi connectivity index (χ4v) is 3.86. The van der Waals surface area contributed by atoms with E-state index in [-0.39, 0.29) is 31.3 Å². The minimum atomic E-state index is -1.22. The molecule has 164 valence electrons. The van der Waals surface area contributed by atoms with Crippen LogP contribution >= 0.6 is 0 Å². The Bertz CT molecular complexity index is 1080. The van der Waals surface area contributed by atoms with Gasteiger partial charge in [-0.2, -0.15) is 0 Å². The summed E-state index contributed by atoms with van der Waals surface area (Å²) in [5.41, 5.74) is 4.34. The molecule has 3 N–H and O–H groups in total. The van der Waals surface area contributed by atoms with Crippen LogP contribution in [0, 0.1) is 0 Å². The summed E-state index contributed by atoms with van der Waals surface area (Å²) < 4.78 is 10.4. The van der Waals surface area contributed by atoms with Gasteiger partial charge in [0.15, 0.2) is 5.76 Å². The summed E-state index contributed by atoms with van der Waals surface area (Å²) in [7, 11) is 0. The maximum Gasteiger partial charge on any atom is 0.407 e. The number of aliphatic carboxylic acids is 1. The summed E-state index contributed by atoms with van der Waals surface area (Å²) in [6, 6.07) is 17.8. The van der Waals surface area contributed by atoms with Crippen molar-refractivity contribution < 1.29 is 28.6 Å². The first-order chi connectivity index (χ1) is 15.5. The first-order valence-electron chi connectivity index (χ1n) is 10.2. The highest BCUT2D eigenvalue weighted by atomic mass is 16.5. The van der Waals surface area contributed by atoms with Gasteiger partial charge in [-0.25, -0.2) is 9.59 Å². The van der Waals surface area contributed by atoms with Gasteiger partial charge in [0.1, 0.15) is 12.6 Å². The van der Waals surface area contributed by atoms with Crippen molar-refractivity contribution in [1.82, 2.24) is 10.6 Å². The van der Waals surface area contributed by atoms with E-state index in [1.165, 1.54) is 12.3 Å². The number of furan rings is 1. The van der Waals surface area contributed by atoms with Crippen molar-refractivity contribution in [2.45, 2.75) is 18.4 Å². The molecule has 3 aromatic rings. The van der Waals surface area contributed by atoms with Crippen LogP contribution in [0.2, 0.25) is 0 Å². The topological polar surface area (TPSA) is 118 Å². The summed E-state index contributed by atoms with van der Waals surface area (Å²) in [6.45, 7) is 0.127. The SMILES string of the molecule is O=C(NC(CCNC(=O)c1ccco1)C(=O)O)OCC1c2ccccc2-c2ccccc21. The lowest BCUT2D eigenvalue weighted by Crippen LogP contribution is -2.43. The van der Waals surface area contributed by atoms with Crippen LogP contribution in [0.5, 0.6) is 0 Å². The Morgan fingerprint density at radius 3 is 2.22 bits per heavy atom. The van der Waals surface area contributed by atoms with E-state index in [1.807, 2.05) is 48.5 Å². The number of carboxylic acid groups (broad SMARTS) is 1. The van der Waals surface area contributed by atoms with Gasteiger partial charge in [0.05, 0.1) is 6.26 Å². The fourth-order valence-electron chi connectivity index (χ4n) is 3.86. The number of carbonyl (C=O) groups is 3. The lowest BCUT2D eigenvalue weighted by molar-refractivity contribution is -0.139. The zero-order valence-corrected chi connectivity index (χ0v) is 17.1. The van der Waals surface area contributed by atoms with Gasteiger partial charge in [0.25, 0.3) is 5.91 Å². The predicted molar refractivity (Wildman–Crippen MR) is 115 cm³/mol. The molecular weight excluding hydrogens is 412 g/mol. The molecule has 0 fully saturated rings. The third kappa shape index (κ3) is 4.49. The minimum Gasteiger partial charge on any atom is -0.480 e. The average molecular weight is 434 g/mol. The molecule has 1 atom stereocenters. The zero-order valence-electron chi connectivity index (χ0n) is 17.1. The maximum absolute atomic E-state index is 12.3. The molecule has 0 spiro atoms. The van der Waals surface area contributed by atoms with Gasteiger partial charge in [-0.15, -0.1) is 0 Å². The molecule has 2 aromatic carbocycles. The lowest BCUT2D eigenvalue weighted by atomic mass is 9.98. The molecule has 1 heterocycles. The first-order valence-corrected chi connectivity index (χ1v) is 10.2. The van der Waals surface area contributed by atoms with E-state index in [1.54, 1.807) is 6.07 Å². The Hall–Kier alpha value is -4.07. The molecule has 0 aliphatic heterocycles. The zero-order chi connectivity index (χ0) is 22.5. The second-order valence-corrected chi connectivity index (χ2v) is 7.38. The van der Waals surface area contributed by atoms with Crippen LogP contribution in [0.3, 0.4) is 0 Å². The van der Waals surface area contributed by atoms with E-state index in [2.05, 4.69) is 10.6 Å². The van der Waals surface area contributed by atoms with E-state index >= 15 is 0 Å². The summed E-state index contributed by atoms with van der Waals surface area (Å²) in [4.78, 5) is 35.7. The van der Waals surface area contributed by atoms with Crippen LogP contribution in [0.15, 0.2) is 71.3 Å². The standard InChI is InChI=1S/C24H22N2O6/c27-22(21-10-5-13-31-21)25-12-11-20(23(28)29)26-24(30)32-14-19-17-8-3-1-6-15(17)16-7-2-4-9-18(16)19/h1-10,13,19-20H,11-12,14H2,(H,25,27)(H,26,30)(H,28,29). The van der Waals surface area contributed by atoms with E-state index < -0.39 is 24.0 Å². The second kappa shape index (κ2) is 9.38. The molecule has 1 unspecified atom stereocenters. The van der Waals surface area contributed by atoms with Gasteiger partial charge < -0.3 is 24.9 Å². The Morgan fingerprint density at radius 2 is 1.62 bits per heavy atom. The van der Waals surface area contributed by atoms with E-state index in [9.17, 15) is 19.5 Å². The fraction of sp³-hybridized carbons (Fsp3) is 0.208. The third-order valence-electron chi connectivity index (χ3n) is 5.40. The number of rotatable bonds is 8. The number of hydrogen-bond donors (Lipinski definition) is 3. The van der Waals surface area contributed by atoms with Crippen LogP contribution in [0.1, 0.15) is 34.0 Å². The van der Waals surface area contributed by atoms with Crippen LogP contribution < -0.4 is 10.6 Å². The number of carbonyl (C=O) groups excluding carboxylic acids is 2. The van der Waals surface area contributed by atoms with Gasteiger partial charge in [0.2, 0.25) is 0 Å². The normalized spacial score (nSPS) is 13.0. The number of hydrogen-bond acceptors (Lipinski definition) is 5. The number of ether oxygens (including phenoxy) is 1. The van der Waals surface area contributed by atoms with Crippen molar-refractivity contribution in [3.8, 4) is 11.1 Å². The highest BCUT2D eigenvalue weighted by molar-refractivity contribution is 5.91. The van der Waals surface area contributed by atoms with Crippen molar-refractivity contribution in [3.63, 3.8) is 0 Å². The molecular formula is C24H22N2O6. The van der Waals surface area contributed by atoms with Crippen LogP contribution in [0.25, 0.3) is 11.1 Å². The Kier molecular flexibility index (Phi) is 6.21. The molecule has 32 heavy (non-hydrogen) atoms. The largest absolute Gasteiger partial charge is 0.480 e. The molecule has 2 amide bonds. The minimum absolute atomic E-state index is 0.00796. The predicted octanol–water partition coefficient (Wildman–Crippen LogP) is 3.39. The quantitative estimate of drug-likeness (QED) is 0.500. The molecule has 1 aromatic heterocycles. The van der Waals surface area contributed by atoms with Crippen LogP contribution in [-0.4, -0.2) is 42.3 Å². The molecule has 0 radical (unpaired) electrons. The Balaban J connectivity index is 1.32. The highest BCUT2D eigenvalue weighted by Gasteiger charge is 2.29. The van der Waals surface area contributed by atoms with Gasteiger partial charge in [-0.3, -0.25) is 4.79 Å².